The highest BCUT2D eigenvalue weighted by molar-refractivity contribution is 6.33. The van der Waals surface area contributed by atoms with Crippen LogP contribution in [0.25, 0.3) is 133 Å². The molecule has 0 saturated heterocycles. The van der Waals surface area contributed by atoms with Gasteiger partial charge in [0, 0.05) is 49.1 Å². The number of furan rings is 1. The molecular formula is C57H33N5O. The summed E-state index contributed by atoms with van der Waals surface area (Å²) in [5.41, 5.74) is 11.1. The van der Waals surface area contributed by atoms with E-state index in [9.17, 15) is 0 Å². The first-order chi connectivity index (χ1) is 31.2. The Morgan fingerprint density at radius 3 is 1.59 bits per heavy atom. The fraction of sp³-hybridized carbons (Fsp3) is 0. The standard InChI is InChI=1S/C57H33N5O/c1-3-15-34(16-4-1)36-19-13-20-38(31-36)61-47-26-11-9-23-41(47)44-29-30-45-42-24-10-12-27-48(42)62(54(45)53(44)61)57-59-55(35-17-5-2-6-18-35)58-56(60-57)37-32-46-40-22-8-7-21-39(40)43-25-14-28-49-51(43)52(46)50(33-37)63-49/h1-33H. The second kappa shape index (κ2) is 12.9. The van der Waals surface area contributed by atoms with Crippen molar-refractivity contribution in [3.05, 3.63) is 200 Å². The molecule has 10 aromatic carbocycles. The van der Waals surface area contributed by atoms with Crippen molar-refractivity contribution in [3.8, 4) is 45.5 Å². The van der Waals surface area contributed by atoms with E-state index in [-0.39, 0.29) is 0 Å². The predicted molar refractivity (Wildman–Crippen MR) is 258 cm³/mol. The fourth-order valence-electron chi connectivity index (χ4n) is 10.2. The average molecular weight is 804 g/mol. The lowest BCUT2D eigenvalue weighted by molar-refractivity contribution is 0.669. The third-order valence-electron chi connectivity index (χ3n) is 12.9. The normalized spacial score (nSPS) is 12.1. The number of para-hydroxylation sites is 2. The van der Waals surface area contributed by atoms with Crippen molar-refractivity contribution in [2.45, 2.75) is 0 Å². The first-order valence-electron chi connectivity index (χ1n) is 21.3. The highest BCUT2D eigenvalue weighted by Gasteiger charge is 2.25. The summed E-state index contributed by atoms with van der Waals surface area (Å²) in [4.78, 5) is 16.1. The second-order valence-electron chi connectivity index (χ2n) is 16.4. The van der Waals surface area contributed by atoms with Crippen molar-refractivity contribution in [1.82, 2.24) is 24.1 Å². The van der Waals surface area contributed by atoms with Crippen molar-refractivity contribution in [2.75, 3.05) is 0 Å². The van der Waals surface area contributed by atoms with Crippen LogP contribution in [0.4, 0.5) is 0 Å². The van der Waals surface area contributed by atoms with Crippen LogP contribution < -0.4 is 0 Å². The third kappa shape index (κ3) is 4.91. The molecule has 0 fully saturated rings. The van der Waals surface area contributed by atoms with Crippen LogP contribution in [0, 0.1) is 0 Å². The van der Waals surface area contributed by atoms with Crippen molar-refractivity contribution >= 4 is 87.1 Å². The first kappa shape index (κ1) is 34.1. The molecule has 292 valence electrons. The van der Waals surface area contributed by atoms with Gasteiger partial charge in [-0.1, -0.05) is 158 Å². The smallest absolute Gasteiger partial charge is 0.238 e. The topological polar surface area (TPSA) is 61.7 Å². The van der Waals surface area contributed by atoms with Gasteiger partial charge in [0.05, 0.1) is 22.1 Å². The number of fused-ring (bicyclic) bond motifs is 10. The van der Waals surface area contributed by atoms with Gasteiger partial charge in [-0.15, -0.1) is 0 Å². The zero-order valence-electron chi connectivity index (χ0n) is 33.7. The molecule has 0 aliphatic heterocycles. The van der Waals surface area contributed by atoms with Crippen molar-refractivity contribution < 1.29 is 4.42 Å². The fourth-order valence-corrected chi connectivity index (χ4v) is 10.2. The Kier molecular flexibility index (Phi) is 7.02. The van der Waals surface area contributed by atoms with Gasteiger partial charge in [0.1, 0.15) is 11.2 Å². The van der Waals surface area contributed by atoms with Crippen LogP contribution in [0.1, 0.15) is 0 Å². The minimum Gasteiger partial charge on any atom is -0.456 e. The Morgan fingerprint density at radius 1 is 0.317 bits per heavy atom. The van der Waals surface area contributed by atoms with Gasteiger partial charge in [-0.25, -0.2) is 4.98 Å². The molecule has 4 aromatic heterocycles. The summed E-state index contributed by atoms with van der Waals surface area (Å²) in [7, 11) is 0. The van der Waals surface area contributed by atoms with Crippen LogP contribution in [-0.4, -0.2) is 24.1 Å². The maximum absolute atomic E-state index is 6.67. The molecule has 6 heteroatoms. The van der Waals surface area contributed by atoms with E-state index in [1.54, 1.807) is 0 Å². The number of rotatable bonds is 5. The monoisotopic (exact) mass is 803 g/mol. The molecule has 14 rings (SSSR count). The molecule has 0 bridgehead atoms. The van der Waals surface area contributed by atoms with Gasteiger partial charge in [-0.2, -0.15) is 9.97 Å². The lowest BCUT2D eigenvalue weighted by Crippen LogP contribution is -2.07. The highest BCUT2D eigenvalue weighted by atomic mass is 16.3. The minimum absolute atomic E-state index is 0.536. The molecule has 4 heterocycles. The van der Waals surface area contributed by atoms with Crippen LogP contribution in [0.2, 0.25) is 0 Å². The van der Waals surface area contributed by atoms with E-state index in [1.165, 1.54) is 21.7 Å². The Balaban J connectivity index is 1.10. The molecule has 14 aromatic rings. The number of nitrogens with zero attached hydrogens (tertiary/aromatic N) is 5. The summed E-state index contributed by atoms with van der Waals surface area (Å²) in [6.45, 7) is 0. The zero-order valence-corrected chi connectivity index (χ0v) is 33.7. The van der Waals surface area contributed by atoms with Gasteiger partial charge >= 0.3 is 0 Å². The van der Waals surface area contributed by atoms with Crippen LogP contribution in [0.5, 0.6) is 0 Å². The lowest BCUT2D eigenvalue weighted by Gasteiger charge is -2.14. The number of hydrogen-bond donors (Lipinski definition) is 0. The Morgan fingerprint density at radius 2 is 0.857 bits per heavy atom. The summed E-state index contributed by atoms with van der Waals surface area (Å²) in [5, 5.41) is 11.5. The first-order valence-corrected chi connectivity index (χ1v) is 21.3. The Bertz CT molecular complexity index is 4140. The molecule has 0 atom stereocenters. The maximum Gasteiger partial charge on any atom is 0.238 e. The van der Waals surface area contributed by atoms with Crippen LogP contribution in [0.15, 0.2) is 205 Å². The average Bonchev–Trinajstić information content (AvgIpc) is 4.02. The van der Waals surface area contributed by atoms with E-state index >= 15 is 0 Å². The lowest BCUT2D eigenvalue weighted by atomic mass is 9.93. The van der Waals surface area contributed by atoms with E-state index < -0.39 is 0 Å². The predicted octanol–water partition coefficient (Wildman–Crippen LogP) is 14.7. The summed E-state index contributed by atoms with van der Waals surface area (Å²) >= 11 is 0. The van der Waals surface area contributed by atoms with Crippen LogP contribution in [0.3, 0.4) is 0 Å². The Hall–Kier alpha value is -8.61. The van der Waals surface area contributed by atoms with Gasteiger partial charge in [0.2, 0.25) is 5.95 Å². The van der Waals surface area contributed by atoms with Gasteiger partial charge in [-0.3, -0.25) is 4.57 Å². The van der Waals surface area contributed by atoms with Crippen LogP contribution >= 0.6 is 0 Å². The maximum atomic E-state index is 6.67. The number of aromatic nitrogens is 5. The quantitative estimate of drug-likeness (QED) is 0.163. The van der Waals surface area contributed by atoms with Crippen molar-refractivity contribution in [3.63, 3.8) is 0 Å². The molecule has 0 aliphatic carbocycles. The SMILES string of the molecule is c1ccc(-c2cccc(-n3c4ccccc4c4ccc5c6ccccc6n(-c6nc(-c7ccccc7)nc(-c7cc8oc9cccc%10c%11ccccc%11c(c7)c8c9%10)n6)c5c43)c2)cc1. The molecule has 0 N–H and O–H groups in total. The van der Waals surface area contributed by atoms with Crippen molar-refractivity contribution in [1.29, 1.82) is 0 Å². The summed E-state index contributed by atoms with van der Waals surface area (Å²) < 4.78 is 11.3. The van der Waals surface area contributed by atoms with Gasteiger partial charge in [0.15, 0.2) is 11.6 Å². The molecule has 0 amide bonds. The molecule has 0 aliphatic rings. The van der Waals surface area contributed by atoms with E-state index in [0.717, 1.165) is 93.3 Å². The third-order valence-corrected chi connectivity index (χ3v) is 12.9. The van der Waals surface area contributed by atoms with Gasteiger partial charge in [0.25, 0.3) is 0 Å². The number of hydrogen-bond acceptors (Lipinski definition) is 4. The molecule has 0 spiro atoms. The largest absolute Gasteiger partial charge is 0.456 e. The molecular weight excluding hydrogens is 771 g/mol. The van der Waals surface area contributed by atoms with E-state index in [1.807, 2.05) is 18.2 Å². The summed E-state index contributed by atoms with van der Waals surface area (Å²) in [5.74, 6) is 1.69. The van der Waals surface area contributed by atoms with Crippen LogP contribution in [-0.2, 0) is 0 Å². The zero-order chi connectivity index (χ0) is 41.2. The van der Waals surface area contributed by atoms with Gasteiger partial charge < -0.3 is 8.98 Å². The van der Waals surface area contributed by atoms with E-state index in [4.69, 9.17) is 19.4 Å². The second-order valence-corrected chi connectivity index (χ2v) is 16.4. The molecule has 0 saturated carbocycles. The molecule has 0 radical (unpaired) electrons. The van der Waals surface area contributed by atoms with Gasteiger partial charge in [-0.05, 0) is 75.1 Å². The van der Waals surface area contributed by atoms with E-state index in [0.29, 0.717) is 17.6 Å². The highest BCUT2D eigenvalue weighted by Crippen LogP contribution is 2.45. The summed E-state index contributed by atoms with van der Waals surface area (Å²) in [6, 6.07) is 70.8. The minimum atomic E-state index is 0.536. The van der Waals surface area contributed by atoms with Crippen molar-refractivity contribution in [2.24, 2.45) is 0 Å². The Labute approximate surface area is 359 Å². The summed E-state index contributed by atoms with van der Waals surface area (Å²) in [6.07, 6.45) is 0. The molecule has 63 heavy (non-hydrogen) atoms. The van der Waals surface area contributed by atoms with E-state index in [2.05, 4.69) is 191 Å². The molecule has 6 nitrogen and oxygen atoms in total. The number of benzene rings is 10. The molecule has 0 unspecified atom stereocenters.